The van der Waals surface area contributed by atoms with Crippen molar-refractivity contribution in [2.75, 3.05) is 39.4 Å². The predicted octanol–water partition coefficient (Wildman–Crippen LogP) is 3.70. The fraction of sp³-hybridized carbons (Fsp3) is 0.720. The van der Waals surface area contributed by atoms with E-state index in [0.717, 1.165) is 38.6 Å². The van der Waals surface area contributed by atoms with Gasteiger partial charge in [0.15, 0.2) is 0 Å². The lowest BCUT2D eigenvalue weighted by atomic mass is 9.86. The Hall–Kier alpha value is -1.39. The number of amides is 1. The molecule has 4 aliphatic rings. The molecule has 1 aromatic rings. The molecule has 29 heavy (non-hydrogen) atoms. The molecule has 0 bridgehead atoms. The topological polar surface area (TPSA) is 32.8 Å². The molecule has 158 valence electrons. The van der Waals surface area contributed by atoms with E-state index in [-0.39, 0.29) is 5.92 Å². The second-order valence-corrected chi connectivity index (χ2v) is 9.93. The van der Waals surface area contributed by atoms with Gasteiger partial charge in [-0.2, -0.15) is 0 Å². The van der Waals surface area contributed by atoms with Crippen LogP contribution < -0.4 is 0 Å². The fourth-order valence-corrected chi connectivity index (χ4v) is 6.38. The molecule has 1 amide bonds. The van der Waals surface area contributed by atoms with Gasteiger partial charge >= 0.3 is 0 Å². The Morgan fingerprint density at radius 3 is 2.69 bits per heavy atom. The van der Waals surface area contributed by atoms with Crippen LogP contribution in [-0.4, -0.2) is 61.1 Å². The number of hydrogen-bond donors (Lipinski definition) is 0. The molecule has 5 rings (SSSR count). The van der Waals surface area contributed by atoms with Crippen molar-refractivity contribution < 1.29 is 9.53 Å². The van der Waals surface area contributed by atoms with Gasteiger partial charge in [-0.3, -0.25) is 4.79 Å². The molecule has 5 unspecified atom stereocenters. The van der Waals surface area contributed by atoms with Crippen molar-refractivity contribution in [3.8, 4) is 0 Å². The number of ether oxygens (including phenoxy) is 1. The average molecular weight is 397 g/mol. The van der Waals surface area contributed by atoms with Crippen LogP contribution in [0.3, 0.4) is 0 Å². The van der Waals surface area contributed by atoms with Gasteiger partial charge in [0.25, 0.3) is 0 Å². The van der Waals surface area contributed by atoms with Gasteiger partial charge in [0.2, 0.25) is 5.91 Å². The normalized spacial score (nSPS) is 34.8. The summed E-state index contributed by atoms with van der Waals surface area (Å²) in [5, 5.41) is 0. The molecule has 0 N–H and O–H groups in total. The molecule has 5 atom stereocenters. The largest absolute Gasteiger partial charge is 0.381 e. The minimum atomic E-state index is 0.116. The lowest BCUT2D eigenvalue weighted by molar-refractivity contribution is -0.134. The molecule has 4 fully saturated rings. The first-order valence-corrected chi connectivity index (χ1v) is 11.9. The quantitative estimate of drug-likeness (QED) is 0.761. The zero-order valence-corrected chi connectivity index (χ0v) is 17.9. The minimum absolute atomic E-state index is 0.116. The summed E-state index contributed by atoms with van der Waals surface area (Å²) in [6, 6.07) is 10.2. The Kier molecular flexibility index (Phi) is 5.66. The Balaban J connectivity index is 1.18. The van der Waals surface area contributed by atoms with Crippen LogP contribution in [0.5, 0.6) is 0 Å². The fourth-order valence-electron chi connectivity index (χ4n) is 6.38. The molecule has 4 nitrogen and oxygen atoms in total. The maximum Gasteiger partial charge on any atom is 0.228 e. The first kappa shape index (κ1) is 19.6. The van der Waals surface area contributed by atoms with Crippen LogP contribution in [0, 0.1) is 17.8 Å². The Labute approximate surface area is 175 Å². The van der Waals surface area contributed by atoms with Gasteiger partial charge in [-0.1, -0.05) is 24.3 Å². The number of fused-ring (bicyclic) bond motifs is 1. The van der Waals surface area contributed by atoms with Crippen molar-refractivity contribution >= 4 is 5.91 Å². The van der Waals surface area contributed by atoms with Crippen LogP contribution in [0.25, 0.3) is 0 Å². The minimum Gasteiger partial charge on any atom is -0.381 e. The highest BCUT2D eigenvalue weighted by molar-refractivity contribution is 5.79. The number of likely N-dealkylation sites (tertiary alicyclic amines) is 2. The van der Waals surface area contributed by atoms with Gasteiger partial charge in [0, 0.05) is 32.3 Å². The van der Waals surface area contributed by atoms with Crippen molar-refractivity contribution in [2.45, 2.75) is 57.4 Å². The molecular formula is C25H36N2O2. The molecule has 3 aliphatic heterocycles. The molecule has 1 aromatic carbocycles. The molecular weight excluding hydrogens is 360 g/mol. The van der Waals surface area contributed by atoms with Gasteiger partial charge < -0.3 is 14.5 Å². The van der Waals surface area contributed by atoms with E-state index in [4.69, 9.17) is 4.74 Å². The number of carbonyl (C=O) groups excluding carboxylic acids is 1. The van der Waals surface area contributed by atoms with E-state index in [1.807, 2.05) is 0 Å². The third-order valence-electron chi connectivity index (χ3n) is 8.23. The van der Waals surface area contributed by atoms with E-state index < -0.39 is 0 Å². The predicted molar refractivity (Wildman–Crippen MR) is 115 cm³/mol. The highest BCUT2D eigenvalue weighted by atomic mass is 16.5. The van der Waals surface area contributed by atoms with E-state index in [9.17, 15) is 4.79 Å². The lowest BCUT2D eigenvalue weighted by Crippen LogP contribution is -2.35. The number of hydrogen-bond acceptors (Lipinski definition) is 3. The van der Waals surface area contributed by atoms with Gasteiger partial charge in [0.1, 0.15) is 0 Å². The summed E-state index contributed by atoms with van der Waals surface area (Å²) in [6.07, 6.45) is 7.34. The summed E-state index contributed by atoms with van der Waals surface area (Å²) >= 11 is 0. The summed E-state index contributed by atoms with van der Waals surface area (Å²) in [4.78, 5) is 17.6. The first-order chi connectivity index (χ1) is 14.2. The molecule has 0 radical (unpaired) electrons. The number of carbonyl (C=O) groups is 1. The van der Waals surface area contributed by atoms with Gasteiger partial charge in [-0.25, -0.2) is 0 Å². The molecule has 1 aliphatic carbocycles. The lowest BCUT2D eigenvalue weighted by Gasteiger charge is -2.23. The smallest absolute Gasteiger partial charge is 0.228 e. The molecule has 3 heterocycles. The van der Waals surface area contributed by atoms with Crippen molar-refractivity contribution in [1.82, 2.24) is 9.80 Å². The van der Waals surface area contributed by atoms with Crippen LogP contribution in [0.4, 0.5) is 0 Å². The summed E-state index contributed by atoms with van der Waals surface area (Å²) in [5.41, 5.74) is 2.96. The standard InChI is InChI=1S/C25H36N2O2/c1-18-3-2-12-26(18)13-10-19-4-6-20(7-5-19)23-9-8-21-15-27(16-24(21)23)25(28)22-11-14-29-17-22/h4-7,18,21-24H,2-3,8-17H2,1H3. The molecule has 1 saturated carbocycles. The molecule has 4 heteroatoms. The van der Waals surface area contributed by atoms with Crippen LogP contribution >= 0.6 is 0 Å². The maximum atomic E-state index is 12.8. The van der Waals surface area contributed by atoms with Gasteiger partial charge in [0.05, 0.1) is 12.5 Å². The molecule has 3 saturated heterocycles. The van der Waals surface area contributed by atoms with E-state index in [2.05, 4.69) is 41.0 Å². The van der Waals surface area contributed by atoms with E-state index in [1.54, 1.807) is 0 Å². The van der Waals surface area contributed by atoms with Gasteiger partial charge in [-0.05, 0) is 80.9 Å². The summed E-state index contributed by atoms with van der Waals surface area (Å²) in [7, 11) is 0. The van der Waals surface area contributed by atoms with Crippen LogP contribution in [0.1, 0.15) is 56.1 Å². The molecule has 0 spiro atoms. The Bertz CT molecular complexity index is 712. The monoisotopic (exact) mass is 396 g/mol. The SMILES string of the molecule is CC1CCCN1CCc1ccc(C2CCC3CN(C(=O)C4CCOC4)CC32)cc1. The molecule has 0 aromatic heterocycles. The second kappa shape index (κ2) is 8.39. The summed E-state index contributed by atoms with van der Waals surface area (Å²) in [6.45, 7) is 8.14. The Morgan fingerprint density at radius 2 is 1.97 bits per heavy atom. The third kappa shape index (κ3) is 3.98. The van der Waals surface area contributed by atoms with Crippen LogP contribution in [0.15, 0.2) is 24.3 Å². The third-order valence-corrected chi connectivity index (χ3v) is 8.23. The first-order valence-electron chi connectivity index (χ1n) is 11.9. The van der Waals surface area contributed by atoms with Crippen molar-refractivity contribution in [3.05, 3.63) is 35.4 Å². The zero-order chi connectivity index (χ0) is 19.8. The van der Waals surface area contributed by atoms with E-state index >= 15 is 0 Å². The highest BCUT2D eigenvalue weighted by Crippen LogP contribution is 2.47. The van der Waals surface area contributed by atoms with Crippen LogP contribution in [-0.2, 0) is 16.0 Å². The maximum absolute atomic E-state index is 12.8. The Morgan fingerprint density at radius 1 is 1.10 bits per heavy atom. The highest BCUT2D eigenvalue weighted by Gasteiger charge is 2.45. The van der Waals surface area contributed by atoms with Crippen molar-refractivity contribution in [1.29, 1.82) is 0 Å². The van der Waals surface area contributed by atoms with Gasteiger partial charge in [-0.15, -0.1) is 0 Å². The number of benzene rings is 1. The van der Waals surface area contributed by atoms with Crippen molar-refractivity contribution in [2.24, 2.45) is 17.8 Å². The van der Waals surface area contributed by atoms with E-state index in [0.29, 0.717) is 30.3 Å². The average Bonchev–Trinajstić information content (AvgIpc) is 3.51. The zero-order valence-electron chi connectivity index (χ0n) is 17.9. The van der Waals surface area contributed by atoms with Crippen molar-refractivity contribution in [3.63, 3.8) is 0 Å². The van der Waals surface area contributed by atoms with E-state index in [1.165, 1.54) is 49.9 Å². The second-order valence-electron chi connectivity index (χ2n) is 9.93. The number of nitrogens with zero attached hydrogens (tertiary/aromatic N) is 2. The van der Waals surface area contributed by atoms with Crippen LogP contribution in [0.2, 0.25) is 0 Å². The summed E-state index contributed by atoms with van der Waals surface area (Å²) < 4.78 is 5.44. The number of rotatable bonds is 5. The summed E-state index contributed by atoms with van der Waals surface area (Å²) in [5.74, 6) is 2.44.